The highest BCUT2D eigenvalue weighted by molar-refractivity contribution is 5.96. The number of fused-ring (bicyclic) bond motifs is 2. The zero-order chi connectivity index (χ0) is 18.8. The second-order valence-electron chi connectivity index (χ2n) is 5.25. The van der Waals surface area contributed by atoms with Crippen LogP contribution in [-0.2, 0) is 0 Å². The zero-order valence-electron chi connectivity index (χ0n) is 15.5. The fourth-order valence-corrected chi connectivity index (χ4v) is 2.88. The van der Waals surface area contributed by atoms with Crippen molar-refractivity contribution in [1.29, 1.82) is 0 Å². The molecule has 0 bridgehead atoms. The molecule has 138 valence electrons. The van der Waals surface area contributed by atoms with Crippen molar-refractivity contribution in [3.8, 4) is 34.5 Å². The Morgan fingerprint density at radius 1 is 0.500 bits per heavy atom. The monoisotopic (exact) mass is 360 g/mol. The van der Waals surface area contributed by atoms with Gasteiger partial charge in [0.15, 0.2) is 23.0 Å². The highest BCUT2D eigenvalue weighted by Crippen LogP contribution is 2.46. The summed E-state index contributed by atoms with van der Waals surface area (Å²) < 4.78 is 32.6. The van der Waals surface area contributed by atoms with Crippen LogP contribution in [0.15, 0.2) is 12.1 Å². The van der Waals surface area contributed by atoms with Gasteiger partial charge in [-0.3, -0.25) is 0 Å². The Morgan fingerprint density at radius 3 is 1.12 bits per heavy atom. The zero-order valence-corrected chi connectivity index (χ0v) is 15.5. The Hall–Kier alpha value is -3.16. The third-order valence-electron chi connectivity index (χ3n) is 4.03. The van der Waals surface area contributed by atoms with E-state index in [2.05, 4.69) is 9.97 Å². The van der Waals surface area contributed by atoms with Gasteiger partial charge >= 0.3 is 0 Å². The quantitative estimate of drug-likeness (QED) is 0.621. The summed E-state index contributed by atoms with van der Waals surface area (Å²) in [7, 11) is 9.25. The van der Waals surface area contributed by atoms with Crippen molar-refractivity contribution in [1.82, 2.24) is 9.97 Å². The molecular weight excluding hydrogens is 340 g/mol. The molecule has 0 saturated heterocycles. The van der Waals surface area contributed by atoms with Crippen LogP contribution in [0.2, 0.25) is 0 Å². The van der Waals surface area contributed by atoms with Gasteiger partial charge in [-0.2, -0.15) is 0 Å². The molecule has 0 amide bonds. The van der Waals surface area contributed by atoms with Gasteiger partial charge < -0.3 is 28.4 Å². The fourth-order valence-electron chi connectivity index (χ4n) is 2.88. The lowest BCUT2D eigenvalue weighted by molar-refractivity contribution is 0.326. The van der Waals surface area contributed by atoms with Gasteiger partial charge in [0.1, 0.15) is 11.0 Å². The number of hydrogen-bond acceptors (Lipinski definition) is 8. The van der Waals surface area contributed by atoms with Crippen molar-refractivity contribution in [3.05, 3.63) is 12.1 Å². The van der Waals surface area contributed by atoms with Gasteiger partial charge in [0, 0.05) is 12.1 Å². The summed E-state index contributed by atoms with van der Waals surface area (Å²) in [4.78, 5) is 9.37. The Balaban J connectivity index is 2.47. The van der Waals surface area contributed by atoms with Crippen LogP contribution in [-0.4, -0.2) is 52.6 Å². The molecular formula is C18H20N2O6. The first-order valence-corrected chi connectivity index (χ1v) is 7.72. The average molecular weight is 360 g/mol. The lowest BCUT2D eigenvalue weighted by Gasteiger charge is -2.16. The molecule has 0 spiro atoms. The Labute approximate surface area is 150 Å². The highest BCUT2D eigenvalue weighted by atomic mass is 16.5. The molecule has 8 heteroatoms. The van der Waals surface area contributed by atoms with Crippen LogP contribution in [0.1, 0.15) is 0 Å². The molecule has 1 aromatic heterocycles. The summed E-state index contributed by atoms with van der Waals surface area (Å²) in [6.45, 7) is 0. The normalized spacial score (nSPS) is 10.7. The molecule has 0 unspecified atom stereocenters. The van der Waals surface area contributed by atoms with E-state index < -0.39 is 0 Å². The van der Waals surface area contributed by atoms with E-state index in [-0.39, 0.29) is 0 Å². The maximum Gasteiger partial charge on any atom is 0.205 e. The van der Waals surface area contributed by atoms with Gasteiger partial charge in [0.2, 0.25) is 11.5 Å². The van der Waals surface area contributed by atoms with Crippen LogP contribution >= 0.6 is 0 Å². The lowest BCUT2D eigenvalue weighted by atomic mass is 10.2. The van der Waals surface area contributed by atoms with Crippen molar-refractivity contribution < 1.29 is 28.4 Å². The first-order chi connectivity index (χ1) is 12.6. The number of methoxy groups -OCH3 is 6. The Kier molecular flexibility index (Phi) is 4.75. The van der Waals surface area contributed by atoms with E-state index in [9.17, 15) is 0 Å². The lowest BCUT2D eigenvalue weighted by Crippen LogP contribution is -2.01. The van der Waals surface area contributed by atoms with Crippen molar-refractivity contribution in [2.24, 2.45) is 0 Å². The van der Waals surface area contributed by atoms with Crippen LogP contribution in [0, 0.1) is 0 Å². The van der Waals surface area contributed by atoms with Crippen LogP contribution in [0.25, 0.3) is 22.1 Å². The SMILES string of the molecule is COc1cc2nc3c(OC)c(OC)c(OC)cc3nc2c(OC)c1OC. The third kappa shape index (κ3) is 2.54. The van der Waals surface area contributed by atoms with Gasteiger partial charge in [0.05, 0.1) is 53.7 Å². The molecule has 1 heterocycles. The standard InChI is InChI=1S/C18H20N2O6/c1-21-11-7-9-13(17(25-5)15(11)23-3)20-10-8-12(22-2)16(24-4)18(26-6)14(10)19-9/h7-8H,1-6H3. The molecule has 3 aromatic rings. The summed E-state index contributed by atoms with van der Waals surface area (Å²) in [6.07, 6.45) is 0. The second-order valence-corrected chi connectivity index (χ2v) is 5.25. The first-order valence-electron chi connectivity index (χ1n) is 7.72. The molecule has 0 atom stereocenters. The smallest absolute Gasteiger partial charge is 0.205 e. The van der Waals surface area contributed by atoms with E-state index in [4.69, 9.17) is 28.4 Å². The molecule has 0 radical (unpaired) electrons. The number of aromatic nitrogens is 2. The molecule has 0 fully saturated rings. The summed E-state index contributed by atoms with van der Waals surface area (Å²) in [6, 6.07) is 3.47. The van der Waals surface area contributed by atoms with Crippen molar-refractivity contribution in [2.75, 3.05) is 42.7 Å². The summed E-state index contributed by atoms with van der Waals surface area (Å²) in [5, 5.41) is 0. The van der Waals surface area contributed by atoms with E-state index in [1.54, 1.807) is 26.4 Å². The van der Waals surface area contributed by atoms with Gasteiger partial charge in [0.25, 0.3) is 0 Å². The molecule has 8 nitrogen and oxygen atoms in total. The van der Waals surface area contributed by atoms with E-state index in [1.165, 1.54) is 28.4 Å². The molecule has 0 N–H and O–H groups in total. The predicted molar refractivity (Wildman–Crippen MR) is 96.4 cm³/mol. The van der Waals surface area contributed by atoms with Crippen LogP contribution in [0.4, 0.5) is 0 Å². The average Bonchev–Trinajstić information content (AvgIpc) is 2.68. The van der Waals surface area contributed by atoms with E-state index in [0.717, 1.165) is 0 Å². The van der Waals surface area contributed by atoms with E-state index in [1.807, 2.05) is 0 Å². The number of hydrogen-bond donors (Lipinski definition) is 0. The predicted octanol–water partition coefficient (Wildman–Crippen LogP) is 2.83. The number of ether oxygens (including phenoxy) is 6. The van der Waals surface area contributed by atoms with Crippen molar-refractivity contribution >= 4 is 22.1 Å². The number of rotatable bonds is 6. The molecule has 0 saturated carbocycles. The van der Waals surface area contributed by atoms with E-state index in [0.29, 0.717) is 56.6 Å². The number of nitrogens with zero attached hydrogens (tertiary/aromatic N) is 2. The van der Waals surface area contributed by atoms with Gasteiger partial charge in [-0.05, 0) is 0 Å². The first kappa shape index (κ1) is 17.7. The summed E-state index contributed by atoms with van der Waals surface area (Å²) in [5.41, 5.74) is 2.20. The molecule has 0 aliphatic carbocycles. The minimum Gasteiger partial charge on any atom is -0.493 e. The van der Waals surface area contributed by atoms with E-state index >= 15 is 0 Å². The molecule has 0 aliphatic rings. The minimum atomic E-state index is 0.435. The third-order valence-corrected chi connectivity index (χ3v) is 4.03. The molecule has 2 aromatic carbocycles. The van der Waals surface area contributed by atoms with Crippen molar-refractivity contribution in [3.63, 3.8) is 0 Å². The maximum absolute atomic E-state index is 5.50. The highest BCUT2D eigenvalue weighted by Gasteiger charge is 2.22. The number of benzene rings is 2. The van der Waals surface area contributed by atoms with Gasteiger partial charge in [-0.1, -0.05) is 0 Å². The molecule has 26 heavy (non-hydrogen) atoms. The summed E-state index contributed by atoms with van der Waals surface area (Å²) >= 11 is 0. The topological polar surface area (TPSA) is 81.2 Å². The van der Waals surface area contributed by atoms with Gasteiger partial charge in [-0.15, -0.1) is 0 Å². The molecule has 0 aliphatic heterocycles. The maximum atomic E-state index is 5.50. The Morgan fingerprint density at radius 2 is 0.846 bits per heavy atom. The summed E-state index contributed by atoms with van der Waals surface area (Å²) in [5.74, 6) is 2.75. The van der Waals surface area contributed by atoms with Gasteiger partial charge in [-0.25, -0.2) is 9.97 Å². The van der Waals surface area contributed by atoms with Crippen LogP contribution < -0.4 is 28.4 Å². The van der Waals surface area contributed by atoms with Crippen LogP contribution in [0.5, 0.6) is 34.5 Å². The second kappa shape index (κ2) is 6.99. The fraction of sp³-hybridized carbons (Fsp3) is 0.333. The Bertz CT molecular complexity index is 894. The minimum absolute atomic E-state index is 0.435. The van der Waals surface area contributed by atoms with Crippen LogP contribution in [0.3, 0.4) is 0 Å². The molecule has 3 rings (SSSR count). The van der Waals surface area contributed by atoms with Crippen molar-refractivity contribution in [2.45, 2.75) is 0 Å². The largest absolute Gasteiger partial charge is 0.493 e.